The van der Waals surface area contributed by atoms with Crippen LogP contribution in [-0.2, 0) is 6.54 Å². The first-order valence-corrected chi connectivity index (χ1v) is 6.73. The Morgan fingerprint density at radius 2 is 2.12 bits per heavy atom. The van der Waals surface area contributed by atoms with Crippen LogP contribution in [0.5, 0.6) is 0 Å². The van der Waals surface area contributed by atoms with E-state index in [0.29, 0.717) is 6.04 Å². The molecule has 2 aromatic heterocycles. The van der Waals surface area contributed by atoms with Gasteiger partial charge in [-0.1, -0.05) is 0 Å². The van der Waals surface area contributed by atoms with E-state index < -0.39 is 0 Å². The largest absolute Gasteiger partial charge is 0.468 e. The minimum atomic E-state index is 0.365. The van der Waals surface area contributed by atoms with Gasteiger partial charge in [-0.2, -0.15) is 0 Å². The molecule has 0 bridgehead atoms. The van der Waals surface area contributed by atoms with Crippen LogP contribution >= 0.6 is 11.3 Å². The molecule has 1 N–H and O–H groups in total. The summed E-state index contributed by atoms with van der Waals surface area (Å²) in [5.41, 5.74) is 2.61. The number of hydrogen-bond acceptors (Lipinski definition) is 3. The fourth-order valence-corrected chi connectivity index (χ4v) is 3.04. The summed E-state index contributed by atoms with van der Waals surface area (Å²) in [6, 6.07) is 4.64. The zero-order valence-corrected chi connectivity index (χ0v) is 11.6. The van der Waals surface area contributed by atoms with E-state index in [1.165, 1.54) is 20.9 Å². The summed E-state index contributed by atoms with van der Waals surface area (Å²) in [7, 11) is 0. The molecule has 2 nitrogen and oxygen atoms in total. The molecule has 2 heterocycles. The highest BCUT2D eigenvalue weighted by Crippen LogP contribution is 2.26. The van der Waals surface area contributed by atoms with Gasteiger partial charge in [0.1, 0.15) is 5.76 Å². The lowest BCUT2D eigenvalue weighted by Gasteiger charge is -2.13. The molecule has 0 aliphatic heterocycles. The summed E-state index contributed by atoms with van der Waals surface area (Å²) in [6.07, 6.45) is 1.75. The van der Waals surface area contributed by atoms with Gasteiger partial charge in [0.25, 0.3) is 0 Å². The Bertz CT molecular complexity index is 498. The Morgan fingerprint density at radius 1 is 1.35 bits per heavy atom. The summed E-state index contributed by atoms with van der Waals surface area (Å²) >= 11 is 1.86. The topological polar surface area (TPSA) is 25.2 Å². The molecule has 17 heavy (non-hydrogen) atoms. The number of nitrogens with one attached hydrogen (secondary N) is 1. The van der Waals surface area contributed by atoms with Crippen molar-refractivity contribution in [1.29, 1.82) is 0 Å². The van der Waals surface area contributed by atoms with E-state index in [0.717, 1.165) is 12.3 Å². The van der Waals surface area contributed by atoms with Crippen molar-refractivity contribution in [3.05, 3.63) is 45.0 Å². The first kappa shape index (κ1) is 12.4. The number of aryl methyl sites for hydroxylation is 3. The highest BCUT2D eigenvalue weighted by atomic mass is 32.1. The molecular weight excluding hydrogens is 230 g/mol. The van der Waals surface area contributed by atoms with Crippen molar-refractivity contribution >= 4 is 11.3 Å². The second-order valence-corrected chi connectivity index (χ2v) is 5.96. The minimum absolute atomic E-state index is 0.365. The molecule has 2 rings (SSSR count). The lowest BCUT2D eigenvalue weighted by Crippen LogP contribution is -2.18. The van der Waals surface area contributed by atoms with Crippen molar-refractivity contribution in [3.8, 4) is 0 Å². The van der Waals surface area contributed by atoms with Crippen LogP contribution in [0, 0.1) is 20.8 Å². The zero-order valence-electron chi connectivity index (χ0n) is 10.8. The molecule has 0 saturated carbocycles. The summed E-state index contributed by atoms with van der Waals surface area (Å²) in [5.74, 6) is 1.03. The van der Waals surface area contributed by atoms with E-state index in [2.05, 4.69) is 39.1 Å². The molecule has 3 heteroatoms. The molecule has 0 aliphatic carbocycles. The average Bonchev–Trinajstić information content (AvgIpc) is 2.81. The Labute approximate surface area is 107 Å². The lowest BCUT2D eigenvalue weighted by atomic mass is 10.1. The van der Waals surface area contributed by atoms with Gasteiger partial charge in [-0.15, -0.1) is 11.3 Å². The third-order valence-corrected chi connectivity index (χ3v) is 4.06. The van der Waals surface area contributed by atoms with Crippen LogP contribution in [0.1, 0.15) is 39.6 Å². The standard InChI is InChI=1S/C14H19NOS/c1-9-5-6-16-14(9)8-15-11(3)13-7-10(2)17-12(13)4/h5-7,11,15H,8H2,1-4H3. The van der Waals surface area contributed by atoms with Gasteiger partial charge >= 0.3 is 0 Å². The van der Waals surface area contributed by atoms with Crippen molar-refractivity contribution in [2.45, 2.75) is 40.3 Å². The smallest absolute Gasteiger partial charge is 0.120 e. The molecular formula is C14H19NOS. The van der Waals surface area contributed by atoms with Crippen LogP contribution in [0.3, 0.4) is 0 Å². The highest BCUT2D eigenvalue weighted by Gasteiger charge is 2.11. The third-order valence-electron chi connectivity index (χ3n) is 3.08. The van der Waals surface area contributed by atoms with Crippen LogP contribution in [-0.4, -0.2) is 0 Å². The van der Waals surface area contributed by atoms with E-state index in [1.54, 1.807) is 6.26 Å². The maximum atomic E-state index is 5.43. The molecule has 2 aromatic rings. The molecule has 92 valence electrons. The van der Waals surface area contributed by atoms with E-state index in [1.807, 2.05) is 17.4 Å². The quantitative estimate of drug-likeness (QED) is 0.882. The lowest BCUT2D eigenvalue weighted by molar-refractivity contribution is 0.458. The summed E-state index contributed by atoms with van der Waals surface area (Å²) in [5, 5.41) is 3.51. The molecule has 0 aliphatic rings. The van der Waals surface area contributed by atoms with E-state index >= 15 is 0 Å². The van der Waals surface area contributed by atoms with E-state index in [9.17, 15) is 0 Å². The second-order valence-electron chi connectivity index (χ2n) is 4.50. The first-order chi connectivity index (χ1) is 8.08. The number of rotatable bonds is 4. The van der Waals surface area contributed by atoms with Gasteiger partial charge in [0, 0.05) is 15.8 Å². The Morgan fingerprint density at radius 3 is 2.65 bits per heavy atom. The Balaban J connectivity index is 2.00. The van der Waals surface area contributed by atoms with Crippen molar-refractivity contribution in [1.82, 2.24) is 5.32 Å². The van der Waals surface area contributed by atoms with Gasteiger partial charge in [0.2, 0.25) is 0 Å². The second kappa shape index (κ2) is 5.07. The van der Waals surface area contributed by atoms with Crippen LogP contribution in [0.2, 0.25) is 0 Å². The molecule has 0 fully saturated rings. The van der Waals surface area contributed by atoms with Gasteiger partial charge < -0.3 is 9.73 Å². The predicted molar refractivity (Wildman–Crippen MR) is 72.5 cm³/mol. The Kier molecular flexibility index (Phi) is 3.69. The number of thiophene rings is 1. The highest BCUT2D eigenvalue weighted by molar-refractivity contribution is 7.12. The first-order valence-electron chi connectivity index (χ1n) is 5.91. The maximum absolute atomic E-state index is 5.43. The molecule has 1 unspecified atom stereocenters. The summed E-state index contributed by atoms with van der Waals surface area (Å²) in [4.78, 5) is 2.78. The molecule has 0 amide bonds. The fourth-order valence-electron chi connectivity index (χ4n) is 2.02. The van der Waals surface area contributed by atoms with Gasteiger partial charge in [-0.05, 0) is 51.0 Å². The number of hydrogen-bond donors (Lipinski definition) is 1. The van der Waals surface area contributed by atoms with E-state index in [4.69, 9.17) is 4.42 Å². The number of furan rings is 1. The van der Waals surface area contributed by atoms with Crippen LogP contribution in [0.25, 0.3) is 0 Å². The van der Waals surface area contributed by atoms with Gasteiger partial charge in [-0.25, -0.2) is 0 Å². The maximum Gasteiger partial charge on any atom is 0.120 e. The van der Waals surface area contributed by atoms with E-state index in [-0.39, 0.29) is 0 Å². The van der Waals surface area contributed by atoms with Gasteiger partial charge in [0.05, 0.1) is 12.8 Å². The monoisotopic (exact) mass is 249 g/mol. The van der Waals surface area contributed by atoms with Gasteiger partial charge in [-0.3, -0.25) is 0 Å². The predicted octanol–water partition coefficient (Wildman–Crippen LogP) is 4.12. The molecule has 0 radical (unpaired) electrons. The van der Waals surface area contributed by atoms with Crippen molar-refractivity contribution in [2.75, 3.05) is 0 Å². The summed E-state index contributed by atoms with van der Waals surface area (Å²) in [6.45, 7) is 9.40. The van der Waals surface area contributed by atoms with Crippen molar-refractivity contribution in [2.24, 2.45) is 0 Å². The minimum Gasteiger partial charge on any atom is -0.468 e. The average molecular weight is 249 g/mol. The summed E-state index contributed by atoms with van der Waals surface area (Å²) < 4.78 is 5.43. The van der Waals surface area contributed by atoms with Crippen molar-refractivity contribution < 1.29 is 4.42 Å². The van der Waals surface area contributed by atoms with Crippen molar-refractivity contribution in [3.63, 3.8) is 0 Å². The molecule has 1 atom stereocenters. The Hall–Kier alpha value is -1.06. The van der Waals surface area contributed by atoms with Crippen LogP contribution < -0.4 is 5.32 Å². The third kappa shape index (κ3) is 2.79. The molecule has 0 aromatic carbocycles. The normalized spacial score (nSPS) is 12.9. The SMILES string of the molecule is Cc1cc(C(C)NCc2occc2C)c(C)s1. The van der Waals surface area contributed by atoms with Gasteiger partial charge in [0.15, 0.2) is 0 Å². The van der Waals surface area contributed by atoms with Crippen LogP contribution in [0.15, 0.2) is 22.8 Å². The molecule has 0 saturated heterocycles. The van der Waals surface area contributed by atoms with Crippen LogP contribution in [0.4, 0.5) is 0 Å². The fraction of sp³-hybridized carbons (Fsp3) is 0.429. The zero-order chi connectivity index (χ0) is 12.4. The molecule has 0 spiro atoms.